The highest BCUT2D eigenvalue weighted by molar-refractivity contribution is 6.37. The first-order valence-corrected chi connectivity index (χ1v) is 3.64. The molecule has 0 rings (SSSR count). The molecular formula is C7H16B. The molecule has 0 aliphatic rings. The molecule has 0 aromatic rings. The molecular weight excluding hydrogens is 94.9 g/mol. The third-order valence-electron chi connectivity index (χ3n) is 1.50. The van der Waals surface area contributed by atoms with Crippen molar-refractivity contribution in [3.63, 3.8) is 0 Å². The van der Waals surface area contributed by atoms with E-state index >= 15 is 0 Å². The van der Waals surface area contributed by atoms with Crippen molar-refractivity contribution in [3.8, 4) is 0 Å². The molecule has 0 N–H and O–H groups in total. The molecule has 0 aliphatic carbocycles. The SMILES string of the molecule is CCC[B]C(C)CC. The summed E-state index contributed by atoms with van der Waals surface area (Å²) in [6, 6.07) is 0. The molecule has 1 unspecified atom stereocenters. The summed E-state index contributed by atoms with van der Waals surface area (Å²) in [6.45, 7) is 6.73. The highest BCUT2D eigenvalue weighted by Gasteiger charge is 1.96. The Balaban J connectivity index is 2.86. The van der Waals surface area contributed by atoms with E-state index in [-0.39, 0.29) is 0 Å². The minimum Gasteiger partial charge on any atom is -0.0802 e. The van der Waals surface area contributed by atoms with Gasteiger partial charge in [-0.15, -0.1) is 0 Å². The maximum absolute atomic E-state index is 2.40. The normalized spacial score (nSPS) is 13.4. The number of hydrogen-bond donors (Lipinski definition) is 0. The molecule has 8 heavy (non-hydrogen) atoms. The van der Waals surface area contributed by atoms with Crippen LogP contribution >= 0.6 is 0 Å². The predicted molar refractivity (Wildman–Crippen MR) is 40.6 cm³/mol. The van der Waals surface area contributed by atoms with Gasteiger partial charge in [0, 0.05) is 0 Å². The fraction of sp³-hybridized carbons (Fsp3) is 1.00. The lowest BCUT2D eigenvalue weighted by atomic mass is 9.61. The lowest BCUT2D eigenvalue weighted by Crippen LogP contribution is -1.95. The maximum atomic E-state index is 2.40. The molecule has 0 aromatic heterocycles. The molecule has 0 saturated heterocycles. The van der Waals surface area contributed by atoms with Crippen LogP contribution in [0.2, 0.25) is 12.1 Å². The lowest BCUT2D eigenvalue weighted by Gasteiger charge is -2.02. The monoisotopic (exact) mass is 111 g/mol. The molecule has 0 fully saturated rings. The average Bonchev–Trinajstić information content (AvgIpc) is 1.83. The quantitative estimate of drug-likeness (QED) is 0.489. The fourth-order valence-electron chi connectivity index (χ4n) is 0.618. The van der Waals surface area contributed by atoms with E-state index in [1.54, 1.807) is 0 Å². The van der Waals surface area contributed by atoms with Gasteiger partial charge in [-0.2, -0.15) is 0 Å². The van der Waals surface area contributed by atoms with Crippen LogP contribution in [0.3, 0.4) is 0 Å². The first-order valence-electron chi connectivity index (χ1n) is 3.64. The maximum Gasteiger partial charge on any atom is 0.113 e. The van der Waals surface area contributed by atoms with Crippen LogP contribution in [0.25, 0.3) is 0 Å². The standard InChI is InChI=1S/C7H16B/c1-4-6-8-7(3)5-2/h7H,4-6H2,1-3H3. The van der Waals surface area contributed by atoms with Crippen LogP contribution in [-0.4, -0.2) is 7.28 Å². The van der Waals surface area contributed by atoms with Crippen molar-refractivity contribution in [2.45, 2.75) is 45.8 Å². The third-order valence-corrected chi connectivity index (χ3v) is 1.50. The van der Waals surface area contributed by atoms with Crippen molar-refractivity contribution in [1.29, 1.82) is 0 Å². The fourth-order valence-corrected chi connectivity index (χ4v) is 0.618. The summed E-state index contributed by atoms with van der Waals surface area (Å²) < 4.78 is 0. The Morgan fingerprint density at radius 1 is 1.38 bits per heavy atom. The van der Waals surface area contributed by atoms with Crippen molar-refractivity contribution >= 4 is 7.28 Å². The Bertz CT molecular complexity index is 43.7. The molecule has 0 amide bonds. The van der Waals surface area contributed by atoms with E-state index in [2.05, 4.69) is 28.1 Å². The molecule has 0 spiro atoms. The van der Waals surface area contributed by atoms with Gasteiger partial charge in [-0.05, 0) is 0 Å². The molecule has 0 aliphatic heterocycles. The topological polar surface area (TPSA) is 0 Å². The van der Waals surface area contributed by atoms with Crippen LogP contribution in [-0.2, 0) is 0 Å². The summed E-state index contributed by atoms with van der Waals surface area (Å²) in [5, 5.41) is 0. The first kappa shape index (κ1) is 8.06. The third kappa shape index (κ3) is 4.23. The zero-order valence-electron chi connectivity index (χ0n) is 6.28. The van der Waals surface area contributed by atoms with Crippen molar-refractivity contribution in [2.75, 3.05) is 0 Å². The molecule has 1 heteroatoms. The Hall–Kier alpha value is 0.0649. The molecule has 1 radical (unpaired) electrons. The van der Waals surface area contributed by atoms with E-state index in [4.69, 9.17) is 0 Å². The summed E-state index contributed by atoms with van der Waals surface area (Å²) in [4.78, 5) is 0. The number of hydrogen-bond acceptors (Lipinski definition) is 0. The zero-order chi connectivity index (χ0) is 6.41. The van der Waals surface area contributed by atoms with Gasteiger partial charge in [-0.3, -0.25) is 0 Å². The average molecular weight is 111 g/mol. The Morgan fingerprint density at radius 3 is 2.38 bits per heavy atom. The predicted octanol–water partition coefficient (Wildman–Crippen LogP) is 2.74. The zero-order valence-corrected chi connectivity index (χ0v) is 6.28. The molecule has 0 heterocycles. The van der Waals surface area contributed by atoms with Crippen molar-refractivity contribution in [1.82, 2.24) is 0 Å². The Labute approximate surface area is 53.9 Å². The largest absolute Gasteiger partial charge is 0.113 e. The van der Waals surface area contributed by atoms with Gasteiger partial charge in [0.15, 0.2) is 0 Å². The minimum atomic E-state index is 0.829. The first-order chi connectivity index (χ1) is 3.81. The van der Waals surface area contributed by atoms with Crippen LogP contribution in [0.1, 0.15) is 33.6 Å². The summed E-state index contributed by atoms with van der Waals surface area (Å²) in [5.41, 5.74) is 0. The van der Waals surface area contributed by atoms with E-state index in [1.165, 1.54) is 19.2 Å². The van der Waals surface area contributed by atoms with Crippen molar-refractivity contribution in [2.24, 2.45) is 0 Å². The molecule has 0 saturated carbocycles. The van der Waals surface area contributed by atoms with Crippen LogP contribution in [0.5, 0.6) is 0 Å². The highest BCUT2D eigenvalue weighted by atomic mass is 13.8. The van der Waals surface area contributed by atoms with Crippen LogP contribution in [0.15, 0.2) is 0 Å². The molecule has 0 bridgehead atoms. The van der Waals surface area contributed by atoms with Gasteiger partial charge in [0.05, 0.1) is 0 Å². The minimum absolute atomic E-state index is 0.829. The second kappa shape index (κ2) is 5.21. The number of rotatable bonds is 4. The van der Waals surface area contributed by atoms with E-state index < -0.39 is 0 Å². The molecule has 0 aromatic carbocycles. The van der Waals surface area contributed by atoms with Gasteiger partial charge in [0.25, 0.3) is 0 Å². The van der Waals surface area contributed by atoms with Crippen LogP contribution < -0.4 is 0 Å². The molecule has 1 atom stereocenters. The van der Waals surface area contributed by atoms with Gasteiger partial charge in [-0.1, -0.05) is 45.8 Å². The van der Waals surface area contributed by atoms with E-state index in [0.29, 0.717) is 0 Å². The Kier molecular flexibility index (Phi) is 5.25. The summed E-state index contributed by atoms with van der Waals surface area (Å²) in [5.74, 6) is 0.829. The summed E-state index contributed by atoms with van der Waals surface area (Å²) in [6.07, 6.45) is 3.87. The van der Waals surface area contributed by atoms with E-state index in [0.717, 1.165) is 5.82 Å². The smallest absolute Gasteiger partial charge is 0.0802 e. The Morgan fingerprint density at radius 2 is 2.00 bits per heavy atom. The lowest BCUT2D eigenvalue weighted by molar-refractivity contribution is 0.857. The summed E-state index contributed by atoms with van der Waals surface area (Å²) in [7, 11) is 2.40. The van der Waals surface area contributed by atoms with Crippen molar-refractivity contribution < 1.29 is 0 Å². The van der Waals surface area contributed by atoms with Gasteiger partial charge in [-0.25, -0.2) is 0 Å². The molecule has 0 nitrogen and oxygen atoms in total. The van der Waals surface area contributed by atoms with Gasteiger partial charge >= 0.3 is 0 Å². The summed E-state index contributed by atoms with van der Waals surface area (Å²) >= 11 is 0. The highest BCUT2D eigenvalue weighted by Crippen LogP contribution is 2.08. The second-order valence-electron chi connectivity index (χ2n) is 2.41. The molecule has 47 valence electrons. The van der Waals surface area contributed by atoms with Crippen LogP contribution in [0, 0.1) is 0 Å². The van der Waals surface area contributed by atoms with Gasteiger partial charge in [0.2, 0.25) is 0 Å². The van der Waals surface area contributed by atoms with E-state index in [9.17, 15) is 0 Å². The van der Waals surface area contributed by atoms with Crippen molar-refractivity contribution in [3.05, 3.63) is 0 Å². The van der Waals surface area contributed by atoms with E-state index in [1.807, 2.05) is 0 Å². The van der Waals surface area contributed by atoms with Gasteiger partial charge < -0.3 is 0 Å². The second-order valence-corrected chi connectivity index (χ2v) is 2.41. The van der Waals surface area contributed by atoms with Crippen LogP contribution in [0.4, 0.5) is 0 Å². The van der Waals surface area contributed by atoms with Gasteiger partial charge in [0.1, 0.15) is 7.28 Å².